The van der Waals surface area contributed by atoms with Gasteiger partial charge in [-0.05, 0) is 52.4 Å². The van der Waals surface area contributed by atoms with Gasteiger partial charge < -0.3 is 10.6 Å². The van der Waals surface area contributed by atoms with Gasteiger partial charge in [0.15, 0.2) is 0 Å². The van der Waals surface area contributed by atoms with Gasteiger partial charge in [0, 0.05) is 17.5 Å². The van der Waals surface area contributed by atoms with Crippen LogP contribution in [0.1, 0.15) is 23.4 Å². The summed E-state index contributed by atoms with van der Waals surface area (Å²) in [6, 6.07) is 5.61. The highest BCUT2D eigenvalue weighted by Gasteiger charge is 2.26. The van der Waals surface area contributed by atoms with Gasteiger partial charge in [-0.25, -0.2) is 4.39 Å². The molecule has 2 nitrogen and oxygen atoms in total. The van der Waals surface area contributed by atoms with Crippen LogP contribution in [0.25, 0.3) is 0 Å². The standard InChI is InChI=1S/C14H14BrFN2S/c1-8-9-3-5-19-14(9)2-4-18(8)13-6-10(15)11(16)7-12(13)17/h3,5-8H,2,4,17H2,1H3. The van der Waals surface area contributed by atoms with Crippen molar-refractivity contribution < 1.29 is 4.39 Å². The lowest BCUT2D eigenvalue weighted by molar-refractivity contribution is 0.615. The van der Waals surface area contributed by atoms with Crippen molar-refractivity contribution >= 4 is 38.6 Å². The number of nitrogens with two attached hydrogens (primary N) is 1. The van der Waals surface area contributed by atoms with Crippen molar-refractivity contribution in [2.45, 2.75) is 19.4 Å². The molecule has 1 aromatic carbocycles. The molecule has 1 aliphatic rings. The first-order valence-electron chi connectivity index (χ1n) is 6.15. The maximum Gasteiger partial charge on any atom is 0.139 e. The summed E-state index contributed by atoms with van der Waals surface area (Å²) in [5.74, 6) is -0.317. The molecule has 100 valence electrons. The molecule has 19 heavy (non-hydrogen) atoms. The zero-order valence-electron chi connectivity index (χ0n) is 10.5. The fourth-order valence-corrected chi connectivity index (χ4v) is 3.93. The van der Waals surface area contributed by atoms with Gasteiger partial charge in [0.2, 0.25) is 0 Å². The maximum atomic E-state index is 13.5. The molecule has 1 aliphatic heterocycles. The number of hydrogen-bond donors (Lipinski definition) is 1. The minimum absolute atomic E-state index is 0.273. The quantitative estimate of drug-likeness (QED) is 0.781. The fourth-order valence-electron chi connectivity index (χ4n) is 2.64. The van der Waals surface area contributed by atoms with Gasteiger partial charge in [-0.15, -0.1) is 11.3 Å². The molecule has 1 atom stereocenters. The summed E-state index contributed by atoms with van der Waals surface area (Å²) >= 11 is 5.04. The van der Waals surface area contributed by atoms with Crippen molar-refractivity contribution in [1.82, 2.24) is 0 Å². The summed E-state index contributed by atoms with van der Waals surface area (Å²) in [4.78, 5) is 3.69. The van der Waals surface area contributed by atoms with E-state index in [1.807, 2.05) is 11.3 Å². The van der Waals surface area contributed by atoms with E-state index in [9.17, 15) is 4.39 Å². The number of hydrogen-bond acceptors (Lipinski definition) is 3. The first kappa shape index (κ1) is 12.9. The third-order valence-electron chi connectivity index (χ3n) is 3.66. The van der Waals surface area contributed by atoms with E-state index in [1.165, 1.54) is 16.5 Å². The minimum Gasteiger partial charge on any atom is -0.397 e. The lowest BCUT2D eigenvalue weighted by Gasteiger charge is -2.36. The molecule has 3 rings (SSSR count). The van der Waals surface area contributed by atoms with Gasteiger partial charge in [-0.3, -0.25) is 0 Å². The van der Waals surface area contributed by atoms with Crippen LogP contribution in [0.5, 0.6) is 0 Å². The number of thiophene rings is 1. The van der Waals surface area contributed by atoms with Crippen molar-refractivity contribution in [2.75, 3.05) is 17.2 Å². The summed E-state index contributed by atoms with van der Waals surface area (Å²) in [7, 11) is 0. The van der Waals surface area contributed by atoms with E-state index in [1.54, 1.807) is 6.07 Å². The van der Waals surface area contributed by atoms with Crippen LogP contribution >= 0.6 is 27.3 Å². The Balaban J connectivity index is 2.02. The van der Waals surface area contributed by atoms with Crippen molar-refractivity contribution in [3.8, 4) is 0 Å². The second-order valence-electron chi connectivity index (χ2n) is 4.74. The number of fused-ring (bicyclic) bond motifs is 1. The molecule has 0 saturated heterocycles. The third kappa shape index (κ3) is 2.15. The van der Waals surface area contributed by atoms with Gasteiger partial charge in [0.25, 0.3) is 0 Å². The number of nitrogen functional groups attached to an aromatic ring is 1. The molecule has 0 amide bonds. The molecule has 0 bridgehead atoms. The Kier molecular flexibility index (Phi) is 3.27. The Bertz CT molecular complexity index is 626. The van der Waals surface area contributed by atoms with E-state index >= 15 is 0 Å². The number of nitrogens with zero attached hydrogens (tertiary/aromatic N) is 1. The summed E-state index contributed by atoms with van der Waals surface area (Å²) in [6.45, 7) is 3.08. The Hall–Kier alpha value is -1.07. The van der Waals surface area contributed by atoms with E-state index in [2.05, 4.69) is 39.2 Å². The highest BCUT2D eigenvalue weighted by molar-refractivity contribution is 9.10. The zero-order valence-corrected chi connectivity index (χ0v) is 12.9. The predicted molar refractivity (Wildman–Crippen MR) is 82.3 cm³/mol. The maximum absolute atomic E-state index is 13.5. The minimum atomic E-state index is -0.317. The van der Waals surface area contributed by atoms with Crippen LogP contribution in [0.3, 0.4) is 0 Å². The molecule has 2 aromatic rings. The largest absolute Gasteiger partial charge is 0.397 e. The van der Waals surface area contributed by atoms with Crippen LogP contribution < -0.4 is 10.6 Å². The molecule has 0 fully saturated rings. The SMILES string of the molecule is CC1c2ccsc2CCN1c1cc(Br)c(F)cc1N. The predicted octanol–water partition coefficient (Wildman–Crippen LogP) is 4.36. The Morgan fingerprint density at radius 2 is 2.26 bits per heavy atom. The molecule has 0 radical (unpaired) electrons. The molecule has 2 heterocycles. The van der Waals surface area contributed by atoms with Gasteiger partial charge >= 0.3 is 0 Å². The van der Waals surface area contributed by atoms with Crippen LogP contribution in [0.2, 0.25) is 0 Å². The Morgan fingerprint density at radius 3 is 3.05 bits per heavy atom. The Labute approximate surface area is 124 Å². The van der Waals surface area contributed by atoms with E-state index < -0.39 is 0 Å². The van der Waals surface area contributed by atoms with E-state index in [0.29, 0.717) is 10.2 Å². The zero-order chi connectivity index (χ0) is 13.6. The van der Waals surface area contributed by atoms with Gasteiger partial charge in [-0.2, -0.15) is 0 Å². The number of rotatable bonds is 1. The molecule has 0 spiro atoms. The van der Waals surface area contributed by atoms with E-state index in [-0.39, 0.29) is 11.9 Å². The molecular weight excluding hydrogens is 327 g/mol. The van der Waals surface area contributed by atoms with Crippen LogP contribution in [-0.2, 0) is 6.42 Å². The van der Waals surface area contributed by atoms with Crippen LogP contribution in [0.4, 0.5) is 15.8 Å². The normalized spacial score (nSPS) is 18.5. The van der Waals surface area contributed by atoms with Crippen LogP contribution in [-0.4, -0.2) is 6.54 Å². The number of halogens is 2. The first-order valence-corrected chi connectivity index (χ1v) is 7.82. The third-order valence-corrected chi connectivity index (χ3v) is 5.26. The monoisotopic (exact) mass is 340 g/mol. The smallest absolute Gasteiger partial charge is 0.139 e. The number of benzene rings is 1. The fraction of sp³-hybridized carbons (Fsp3) is 0.286. The van der Waals surface area contributed by atoms with E-state index in [4.69, 9.17) is 5.73 Å². The molecular formula is C14H14BrFN2S. The lowest BCUT2D eigenvalue weighted by Crippen LogP contribution is -2.33. The average molecular weight is 341 g/mol. The van der Waals surface area contributed by atoms with Gasteiger partial charge in [-0.1, -0.05) is 0 Å². The molecule has 1 aromatic heterocycles. The van der Waals surface area contributed by atoms with Gasteiger partial charge in [0.1, 0.15) is 5.82 Å². The molecule has 1 unspecified atom stereocenters. The lowest BCUT2D eigenvalue weighted by atomic mass is 10.0. The molecule has 5 heteroatoms. The highest BCUT2D eigenvalue weighted by atomic mass is 79.9. The van der Waals surface area contributed by atoms with Crippen molar-refractivity contribution in [1.29, 1.82) is 0 Å². The second-order valence-corrected chi connectivity index (χ2v) is 6.60. The van der Waals surface area contributed by atoms with Gasteiger partial charge in [0.05, 0.1) is 21.9 Å². The second kappa shape index (κ2) is 4.80. The molecule has 2 N–H and O–H groups in total. The summed E-state index contributed by atoms with van der Waals surface area (Å²) in [5, 5.41) is 2.13. The Morgan fingerprint density at radius 1 is 1.47 bits per heavy atom. The molecule has 0 saturated carbocycles. The van der Waals surface area contributed by atoms with Crippen LogP contribution in [0, 0.1) is 5.82 Å². The number of anilines is 2. The van der Waals surface area contributed by atoms with Crippen LogP contribution in [0.15, 0.2) is 28.1 Å². The summed E-state index contributed by atoms with van der Waals surface area (Å²) < 4.78 is 13.9. The molecule has 0 aliphatic carbocycles. The first-order chi connectivity index (χ1) is 9.08. The van der Waals surface area contributed by atoms with Crippen molar-refractivity contribution in [3.05, 3.63) is 44.3 Å². The average Bonchev–Trinajstić information content (AvgIpc) is 2.84. The van der Waals surface area contributed by atoms with Crippen molar-refractivity contribution in [3.63, 3.8) is 0 Å². The summed E-state index contributed by atoms with van der Waals surface area (Å²) in [6.07, 6.45) is 1.02. The summed E-state index contributed by atoms with van der Waals surface area (Å²) in [5.41, 5.74) is 8.73. The highest BCUT2D eigenvalue weighted by Crippen LogP contribution is 2.39. The topological polar surface area (TPSA) is 29.3 Å². The van der Waals surface area contributed by atoms with E-state index in [0.717, 1.165) is 18.7 Å². The van der Waals surface area contributed by atoms with Crippen molar-refractivity contribution in [2.24, 2.45) is 0 Å².